The van der Waals surface area contributed by atoms with Gasteiger partial charge in [0.05, 0.1) is 17.9 Å². The van der Waals surface area contributed by atoms with Gasteiger partial charge >= 0.3 is 0 Å². The molecule has 0 radical (unpaired) electrons. The van der Waals surface area contributed by atoms with E-state index in [1.807, 2.05) is 30.3 Å². The van der Waals surface area contributed by atoms with Crippen LogP contribution in [0.5, 0.6) is 0 Å². The lowest BCUT2D eigenvalue weighted by Gasteiger charge is -2.37. The van der Waals surface area contributed by atoms with Crippen molar-refractivity contribution in [3.8, 4) is 6.07 Å². The van der Waals surface area contributed by atoms with E-state index in [0.29, 0.717) is 12.5 Å². The molecule has 0 amide bonds. The molecule has 0 saturated carbocycles. The Balaban J connectivity index is 2.23. The molecule has 1 aromatic carbocycles. The molecule has 1 heterocycles. The van der Waals surface area contributed by atoms with Crippen LogP contribution in [0.2, 0.25) is 0 Å². The molecule has 3 nitrogen and oxygen atoms in total. The Labute approximate surface area is 108 Å². The molecule has 0 spiro atoms. The van der Waals surface area contributed by atoms with Gasteiger partial charge in [0, 0.05) is 19.2 Å². The van der Waals surface area contributed by atoms with E-state index < -0.39 is 0 Å². The summed E-state index contributed by atoms with van der Waals surface area (Å²) in [4.78, 5) is 2.10. The zero-order valence-electron chi connectivity index (χ0n) is 10.6. The third kappa shape index (κ3) is 2.72. The number of β-amino-alcohol motifs (C(OH)–C–C–N with tert-alkyl or cyclic N) is 1. The molecule has 1 aromatic rings. The number of piperidine rings is 1. The second-order valence-electron chi connectivity index (χ2n) is 4.80. The number of hydrogen-bond donors (Lipinski definition) is 1. The lowest BCUT2D eigenvalue weighted by molar-refractivity contribution is 0.0525. The highest BCUT2D eigenvalue weighted by Crippen LogP contribution is 2.25. The lowest BCUT2D eigenvalue weighted by Crippen LogP contribution is -2.41. The minimum Gasteiger partial charge on any atom is -0.391 e. The molecule has 0 aliphatic carbocycles. The summed E-state index contributed by atoms with van der Waals surface area (Å²) in [5, 5.41) is 18.9. The Hall–Kier alpha value is -1.79. The number of rotatable bonds is 2. The van der Waals surface area contributed by atoms with Gasteiger partial charge in [-0.3, -0.25) is 0 Å². The predicted molar refractivity (Wildman–Crippen MR) is 71.4 cm³/mol. The van der Waals surface area contributed by atoms with Gasteiger partial charge < -0.3 is 10.0 Å². The van der Waals surface area contributed by atoms with Crippen LogP contribution in [0.3, 0.4) is 0 Å². The fourth-order valence-corrected chi connectivity index (χ4v) is 2.29. The second kappa shape index (κ2) is 5.70. The van der Waals surface area contributed by atoms with E-state index in [2.05, 4.69) is 17.9 Å². The number of aliphatic hydroxyl groups excluding tert-OH is 1. The summed E-state index contributed by atoms with van der Waals surface area (Å²) in [6.45, 7) is 3.56. The minimum atomic E-state index is -0.315. The summed E-state index contributed by atoms with van der Waals surface area (Å²) < 4.78 is 0. The van der Waals surface area contributed by atoms with E-state index in [-0.39, 0.29) is 6.10 Å². The molecule has 2 atom stereocenters. The highest BCUT2D eigenvalue weighted by Gasteiger charge is 2.25. The monoisotopic (exact) mass is 242 g/mol. The molecule has 0 bridgehead atoms. The Morgan fingerprint density at radius 3 is 2.78 bits per heavy atom. The Morgan fingerprint density at radius 2 is 2.17 bits per heavy atom. The molecule has 1 aliphatic heterocycles. The summed E-state index contributed by atoms with van der Waals surface area (Å²) in [5.41, 5.74) is 1.94. The van der Waals surface area contributed by atoms with Crippen molar-refractivity contribution in [2.24, 2.45) is 5.92 Å². The van der Waals surface area contributed by atoms with E-state index in [1.54, 1.807) is 6.08 Å². The van der Waals surface area contributed by atoms with Crippen molar-refractivity contribution in [3.63, 3.8) is 0 Å². The number of nitrogens with zero attached hydrogens (tertiary/aromatic N) is 2. The smallest absolute Gasteiger partial charge is 0.0934 e. The van der Waals surface area contributed by atoms with Crippen LogP contribution in [0.1, 0.15) is 18.9 Å². The number of allylic oxidation sites excluding steroid dienone is 1. The molecule has 2 rings (SSSR count). The SMILES string of the molecule is CC1CCN(/C(=C/C#N)c2ccccc2)CC1O. The van der Waals surface area contributed by atoms with E-state index in [1.165, 1.54) is 0 Å². The van der Waals surface area contributed by atoms with E-state index in [4.69, 9.17) is 5.26 Å². The molecule has 1 saturated heterocycles. The van der Waals surface area contributed by atoms with Crippen LogP contribution in [-0.4, -0.2) is 29.2 Å². The molecular weight excluding hydrogens is 224 g/mol. The topological polar surface area (TPSA) is 47.3 Å². The maximum absolute atomic E-state index is 9.96. The van der Waals surface area contributed by atoms with Gasteiger partial charge in [0.2, 0.25) is 0 Å². The number of hydrogen-bond acceptors (Lipinski definition) is 3. The third-order valence-corrected chi connectivity index (χ3v) is 3.53. The molecule has 1 N–H and O–H groups in total. The normalized spacial score (nSPS) is 24.7. The zero-order valence-corrected chi connectivity index (χ0v) is 10.6. The molecular formula is C15H18N2O. The fraction of sp³-hybridized carbons (Fsp3) is 0.400. The maximum Gasteiger partial charge on any atom is 0.0934 e. The van der Waals surface area contributed by atoms with Crippen molar-refractivity contribution in [3.05, 3.63) is 42.0 Å². The van der Waals surface area contributed by atoms with Crippen molar-refractivity contribution < 1.29 is 5.11 Å². The van der Waals surface area contributed by atoms with Crippen LogP contribution in [0.15, 0.2) is 36.4 Å². The molecule has 3 heteroatoms. The minimum absolute atomic E-state index is 0.315. The van der Waals surface area contributed by atoms with Gasteiger partial charge in [-0.2, -0.15) is 5.26 Å². The predicted octanol–water partition coefficient (Wildman–Crippen LogP) is 2.25. The van der Waals surface area contributed by atoms with Crippen LogP contribution in [-0.2, 0) is 0 Å². The largest absolute Gasteiger partial charge is 0.391 e. The van der Waals surface area contributed by atoms with Crippen molar-refractivity contribution in [2.75, 3.05) is 13.1 Å². The number of likely N-dealkylation sites (tertiary alicyclic amines) is 1. The third-order valence-electron chi connectivity index (χ3n) is 3.53. The average Bonchev–Trinajstić information content (AvgIpc) is 2.40. The first-order chi connectivity index (χ1) is 8.72. The first kappa shape index (κ1) is 12.7. The fourth-order valence-electron chi connectivity index (χ4n) is 2.29. The summed E-state index contributed by atoms with van der Waals surface area (Å²) >= 11 is 0. The lowest BCUT2D eigenvalue weighted by atomic mass is 9.95. The van der Waals surface area contributed by atoms with E-state index in [0.717, 1.165) is 24.2 Å². The zero-order chi connectivity index (χ0) is 13.0. The highest BCUT2D eigenvalue weighted by molar-refractivity contribution is 5.66. The summed E-state index contributed by atoms with van der Waals surface area (Å²) in [6, 6.07) is 12.0. The van der Waals surface area contributed by atoms with Gasteiger partial charge in [0.25, 0.3) is 0 Å². The van der Waals surface area contributed by atoms with Crippen LogP contribution in [0.4, 0.5) is 0 Å². The Kier molecular flexibility index (Phi) is 4.01. The van der Waals surface area contributed by atoms with Gasteiger partial charge in [0.1, 0.15) is 0 Å². The molecule has 1 fully saturated rings. The molecule has 1 aliphatic rings. The van der Waals surface area contributed by atoms with Gasteiger partial charge in [-0.1, -0.05) is 37.3 Å². The van der Waals surface area contributed by atoms with E-state index in [9.17, 15) is 5.11 Å². The van der Waals surface area contributed by atoms with Crippen LogP contribution >= 0.6 is 0 Å². The standard InChI is InChI=1S/C15H18N2O/c1-12-8-10-17(11-15(12)18)14(7-9-16)13-5-3-2-4-6-13/h2-7,12,15,18H,8,10-11H2,1H3/b14-7+. The Morgan fingerprint density at radius 1 is 1.44 bits per heavy atom. The molecule has 18 heavy (non-hydrogen) atoms. The van der Waals surface area contributed by atoms with Crippen molar-refractivity contribution in [1.82, 2.24) is 4.90 Å². The van der Waals surface area contributed by atoms with E-state index >= 15 is 0 Å². The molecule has 0 aromatic heterocycles. The average molecular weight is 242 g/mol. The van der Waals surface area contributed by atoms with Crippen LogP contribution in [0, 0.1) is 17.2 Å². The quantitative estimate of drug-likeness (QED) is 0.809. The van der Waals surface area contributed by atoms with Gasteiger partial charge in [0.15, 0.2) is 0 Å². The first-order valence-corrected chi connectivity index (χ1v) is 6.30. The first-order valence-electron chi connectivity index (χ1n) is 6.30. The highest BCUT2D eigenvalue weighted by atomic mass is 16.3. The van der Waals surface area contributed by atoms with Crippen LogP contribution in [0.25, 0.3) is 5.70 Å². The summed E-state index contributed by atoms with van der Waals surface area (Å²) in [5.74, 6) is 0.334. The number of aliphatic hydroxyl groups is 1. The number of benzene rings is 1. The summed E-state index contributed by atoms with van der Waals surface area (Å²) in [7, 11) is 0. The van der Waals surface area contributed by atoms with Gasteiger partial charge in [-0.05, 0) is 17.9 Å². The molecule has 2 unspecified atom stereocenters. The second-order valence-corrected chi connectivity index (χ2v) is 4.80. The maximum atomic E-state index is 9.96. The van der Waals surface area contributed by atoms with Crippen molar-refractivity contribution >= 4 is 5.70 Å². The van der Waals surface area contributed by atoms with Gasteiger partial charge in [-0.15, -0.1) is 0 Å². The van der Waals surface area contributed by atoms with Crippen molar-refractivity contribution in [2.45, 2.75) is 19.4 Å². The Bertz CT molecular complexity index is 461. The summed E-state index contributed by atoms with van der Waals surface area (Å²) in [6.07, 6.45) is 2.21. The number of nitriles is 1. The van der Waals surface area contributed by atoms with Crippen LogP contribution < -0.4 is 0 Å². The van der Waals surface area contributed by atoms with Crippen molar-refractivity contribution in [1.29, 1.82) is 5.26 Å². The molecule has 94 valence electrons. The van der Waals surface area contributed by atoms with Gasteiger partial charge in [-0.25, -0.2) is 0 Å².